The predicted molar refractivity (Wildman–Crippen MR) is 109 cm³/mol. The van der Waals surface area contributed by atoms with Crippen LogP contribution in [0.15, 0.2) is 58.4 Å². The van der Waals surface area contributed by atoms with Gasteiger partial charge in [0.2, 0.25) is 0 Å². The molecule has 0 aliphatic carbocycles. The zero-order valence-corrected chi connectivity index (χ0v) is 16.4. The molecule has 1 fully saturated rings. The number of likely N-dealkylation sites (N-methyl/N-ethyl adjacent to an activating group) is 1. The summed E-state index contributed by atoms with van der Waals surface area (Å²) >= 11 is 7.19. The lowest BCUT2D eigenvalue weighted by molar-refractivity contribution is -0.121. The molecule has 0 N–H and O–H groups in total. The molecule has 1 heterocycles. The van der Waals surface area contributed by atoms with Gasteiger partial charge in [0.05, 0.1) is 22.8 Å². The third kappa shape index (κ3) is 4.59. The summed E-state index contributed by atoms with van der Waals surface area (Å²) in [5.74, 6) is -0.482. The summed E-state index contributed by atoms with van der Waals surface area (Å²) in [6.45, 7) is 2.09. The summed E-state index contributed by atoms with van der Waals surface area (Å²) in [4.78, 5) is 30.8. The Hall–Kier alpha value is -2.57. The number of nitrogens with zero attached hydrogens (tertiary/aromatic N) is 2. The van der Waals surface area contributed by atoms with Crippen molar-refractivity contribution in [1.29, 1.82) is 0 Å². The number of benzene rings is 2. The largest absolute Gasteiger partial charge is 0.462 e. The average Bonchev–Trinajstić information content (AvgIpc) is 2.92. The van der Waals surface area contributed by atoms with E-state index >= 15 is 0 Å². The maximum Gasteiger partial charge on any atom is 0.338 e. The Bertz CT molecular complexity index is 921. The van der Waals surface area contributed by atoms with Gasteiger partial charge in [0.1, 0.15) is 0 Å². The molecule has 1 amide bonds. The van der Waals surface area contributed by atoms with Gasteiger partial charge in [-0.3, -0.25) is 9.69 Å². The minimum Gasteiger partial charge on any atom is -0.462 e. The van der Waals surface area contributed by atoms with E-state index < -0.39 is 0 Å². The highest BCUT2D eigenvalue weighted by Crippen LogP contribution is 2.33. The number of hydrogen-bond acceptors (Lipinski definition) is 5. The summed E-state index contributed by atoms with van der Waals surface area (Å²) in [6, 6.07) is 14.0. The third-order valence-corrected chi connectivity index (χ3v) is 5.09. The van der Waals surface area contributed by atoms with E-state index in [0.29, 0.717) is 33.0 Å². The van der Waals surface area contributed by atoms with E-state index in [2.05, 4.69) is 4.99 Å². The smallest absolute Gasteiger partial charge is 0.338 e. The summed E-state index contributed by atoms with van der Waals surface area (Å²) in [5, 5.41) is 1.22. The Morgan fingerprint density at radius 1 is 1.19 bits per heavy atom. The van der Waals surface area contributed by atoms with Crippen molar-refractivity contribution in [2.24, 2.45) is 4.99 Å². The van der Waals surface area contributed by atoms with E-state index in [4.69, 9.17) is 16.3 Å². The molecule has 138 valence electrons. The maximum atomic E-state index is 12.5. The van der Waals surface area contributed by atoms with Crippen LogP contribution < -0.4 is 0 Å². The number of ether oxygens (including phenoxy) is 1. The molecule has 1 aliphatic rings. The second kappa shape index (κ2) is 8.41. The van der Waals surface area contributed by atoms with E-state index in [9.17, 15) is 9.59 Å². The van der Waals surface area contributed by atoms with Crippen LogP contribution in [0.2, 0.25) is 5.02 Å². The van der Waals surface area contributed by atoms with Crippen molar-refractivity contribution in [3.8, 4) is 0 Å². The maximum absolute atomic E-state index is 12.5. The zero-order chi connectivity index (χ0) is 19.4. The highest BCUT2D eigenvalue weighted by Gasteiger charge is 2.30. The number of thioether (sulfide) groups is 1. The number of amidine groups is 1. The number of halogens is 1. The van der Waals surface area contributed by atoms with Gasteiger partial charge in [-0.25, -0.2) is 9.79 Å². The first-order valence-corrected chi connectivity index (χ1v) is 9.46. The van der Waals surface area contributed by atoms with E-state index in [0.717, 1.165) is 5.56 Å². The van der Waals surface area contributed by atoms with Crippen molar-refractivity contribution in [1.82, 2.24) is 4.90 Å². The van der Waals surface area contributed by atoms with Gasteiger partial charge in [0.15, 0.2) is 5.17 Å². The van der Waals surface area contributed by atoms with Gasteiger partial charge in [-0.1, -0.05) is 23.7 Å². The quantitative estimate of drug-likeness (QED) is 0.549. The second-order valence-corrected chi connectivity index (χ2v) is 7.13. The summed E-state index contributed by atoms with van der Waals surface area (Å²) in [5.41, 5.74) is 2.01. The Morgan fingerprint density at radius 3 is 2.48 bits per heavy atom. The third-order valence-electron chi connectivity index (χ3n) is 3.77. The topological polar surface area (TPSA) is 59.0 Å². The summed E-state index contributed by atoms with van der Waals surface area (Å²) in [7, 11) is 1.68. The molecular weight excluding hydrogens is 384 g/mol. The molecule has 0 bridgehead atoms. The summed E-state index contributed by atoms with van der Waals surface area (Å²) < 4.78 is 4.96. The number of aliphatic imine (C=N–C) groups is 1. The Balaban J connectivity index is 1.79. The fourth-order valence-electron chi connectivity index (χ4n) is 2.36. The lowest BCUT2D eigenvalue weighted by Gasteiger charge is -2.07. The number of hydrogen-bond donors (Lipinski definition) is 0. The first-order valence-electron chi connectivity index (χ1n) is 8.27. The molecule has 1 aliphatic heterocycles. The Morgan fingerprint density at radius 2 is 1.85 bits per heavy atom. The number of carbonyl (C=O) groups excluding carboxylic acids is 2. The van der Waals surface area contributed by atoms with Gasteiger partial charge in [-0.05, 0) is 66.7 Å². The molecule has 2 aromatic carbocycles. The van der Waals surface area contributed by atoms with E-state index in [1.807, 2.05) is 18.2 Å². The van der Waals surface area contributed by atoms with Gasteiger partial charge in [-0.15, -0.1) is 0 Å². The van der Waals surface area contributed by atoms with Crippen LogP contribution >= 0.6 is 23.4 Å². The molecule has 0 unspecified atom stereocenters. The molecule has 0 spiro atoms. The molecule has 3 rings (SSSR count). The van der Waals surface area contributed by atoms with Crippen LogP contribution in [-0.4, -0.2) is 35.6 Å². The number of esters is 1. The minimum atomic E-state index is -0.368. The van der Waals surface area contributed by atoms with Gasteiger partial charge >= 0.3 is 5.97 Å². The van der Waals surface area contributed by atoms with Crippen LogP contribution in [-0.2, 0) is 9.53 Å². The molecule has 0 saturated carbocycles. The molecule has 2 aromatic rings. The van der Waals surface area contributed by atoms with Crippen molar-refractivity contribution in [2.75, 3.05) is 13.7 Å². The van der Waals surface area contributed by atoms with E-state index in [-0.39, 0.29) is 11.9 Å². The van der Waals surface area contributed by atoms with Crippen LogP contribution in [0.4, 0.5) is 5.69 Å². The lowest BCUT2D eigenvalue weighted by atomic mass is 10.2. The highest BCUT2D eigenvalue weighted by molar-refractivity contribution is 8.18. The van der Waals surface area contributed by atoms with Crippen molar-refractivity contribution in [3.63, 3.8) is 0 Å². The van der Waals surface area contributed by atoms with E-state index in [1.165, 1.54) is 16.7 Å². The number of rotatable bonds is 4. The van der Waals surface area contributed by atoms with Crippen molar-refractivity contribution >= 4 is 52.2 Å². The lowest BCUT2D eigenvalue weighted by Crippen LogP contribution is -2.23. The SMILES string of the molecule is CCOC(=O)c1ccc(N=C2SC(=Cc3ccc(Cl)cc3)C(=O)N2C)cc1. The molecule has 0 atom stereocenters. The Labute approximate surface area is 166 Å². The van der Waals surface area contributed by atoms with Crippen LogP contribution in [0.1, 0.15) is 22.8 Å². The molecule has 0 radical (unpaired) electrons. The van der Waals surface area contributed by atoms with Gasteiger partial charge in [0.25, 0.3) is 5.91 Å². The van der Waals surface area contributed by atoms with Gasteiger partial charge in [0, 0.05) is 12.1 Å². The van der Waals surface area contributed by atoms with Crippen molar-refractivity contribution < 1.29 is 14.3 Å². The first-order chi connectivity index (χ1) is 13.0. The van der Waals surface area contributed by atoms with Gasteiger partial charge < -0.3 is 4.74 Å². The van der Waals surface area contributed by atoms with Crippen LogP contribution in [0, 0.1) is 0 Å². The van der Waals surface area contributed by atoms with Crippen LogP contribution in [0.25, 0.3) is 6.08 Å². The summed E-state index contributed by atoms with van der Waals surface area (Å²) in [6.07, 6.45) is 1.81. The van der Waals surface area contributed by atoms with Crippen LogP contribution in [0.3, 0.4) is 0 Å². The Kier molecular flexibility index (Phi) is 5.98. The molecule has 27 heavy (non-hydrogen) atoms. The highest BCUT2D eigenvalue weighted by atomic mass is 35.5. The zero-order valence-electron chi connectivity index (χ0n) is 14.8. The number of amides is 1. The molecule has 0 aromatic heterocycles. The molecule has 5 nitrogen and oxygen atoms in total. The minimum absolute atomic E-state index is 0.114. The fourth-order valence-corrected chi connectivity index (χ4v) is 3.47. The second-order valence-electron chi connectivity index (χ2n) is 5.69. The fraction of sp³-hybridized carbons (Fsp3) is 0.150. The monoisotopic (exact) mass is 400 g/mol. The normalized spacial score (nSPS) is 17.0. The van der Waals surface area contributed by atoms with E-state index in [1.54, 1.807) is 50.4 Å². The van der Waals surface area contributed by atoms with Crippen molar-refractivity contribution in [3.05, 3.63) is 69.6 Å². The standard InChI is InChI=1S/C20H17ClN2O3S/c1-3-26-19(25)14-6-10-16(11-7-14)22-20-23(2)18(24)17(27-20)12-13-4-8-15(21)9-5-13/h4-12H,3H2,1-2H3. The van der Waals surface area contributed by atoms with Crippen molar-refractivity contribution in [2.45, 2.75) is 6.92 Å². The van der Waals surface area contributed by atoms with Gasteiger partial charge in [-0.2, -0.15) is 0 Å². The molecule has 1 saturated heterocycles. The first kappa shape index (κ1) is 19.2. The van der Waals surface area contributed by atoms with Crippen LogP contribution in [0.5, 0.6) is 0 Å². The number of carbonyl (C=O) groups is 2. The predicted octanol–water partition coefficient (Wildman–Crippen LogP) is 4.75. The average molecular weight is 401 g/mol. The molecular formula is C20H17ClN2O3S. The molecule has 7 heteroatoms.